The number of halogens is 4. The zero-order chi connectivity index (χ0) is 12.6. The molecule has 0 fully saturated rings. The van der Waals surface area contributed by atoms with Crippen molar-refractivity contribution >= 4 is 34.8 Å². The lowest BCUT2D eigenvalue weighted by Crippen LogP contribution is -1.86. The monoisotopic (exact) mass is 290 g/mol. The molecule has 0 unspecified atom stereocenters. The Balaban J connectivity index is 2.64. The van der Waals surface area contributed by atoms with Crippen molar-refractivity contribution in [2.45, 2.75) is 0 Å². The van der Waals surface area contributed by atoms with Crippen LogP contribution in [0.4, 0.5) is 4.39 Å². The minimum atomic E-state index is -0.499. The molecule has 2 rings (SSSR count). The Morgan fingerprint density at radius 2 is 1.59 bits per heavy atom. The third-order valence-electron chi connectivity index (χ3n) is 2.26. The van der Waals surface area contributed by atoms with Crippen LogP contribution in [0, 0.1) is 5.82 Å². The van der Waals surface area contributed by atoms with E-state index in [-0.39, 0.29) is 21.4 Å². The second-order valence-corrected chi connectivity index (χ2v) is 4.66. The van der Waals surface area contributed by atoms with Gasteiger partial charge < -0.3 is 5.11 Å². The first-order valence-electron chi connectivity index (χ1n) is 4.62. The predicted octanol–water partition coefficient (Wildman–Crippen LogP) is 5.16. The van der Waals surface area contributed by atoms with Crippen LogP contribution in [-0.2, 0) is 0 Å². The number of hydrogen-bond acceptors (Lipinski definition) is 1. The van der Waals surface area contributed by atoms with E-state index < -0.39 is 5.82 Å². The third kappa shape index (κ3) is 2.49. The van der Waals surface area contributed by atoms with Crippen LogP contribution in [0.25, 0.3) is 11.1 Å². The van der Waals surface area contributed by atoms with E-state index >= 15 is 0 Å². The molecule has 1 N–H and O–H groups in total. The van der Waals surface area contributed by atoms with Crippen LogP contribution in [-0.4, -0.2) is 5.11 Å². The van der Waals surface area contributed by atoms with Crippen LogP contribution in [0.5, 0.6) is 5.75 Å². The molecular formula is C12H6Cl3FO. The second kappa shape index (κ2) is 4.73. The SMILES string of the molecule is Oc1cc(Cl)c(-c2ccc(Cl)cc2F)cc1Cl. The third-order valence-corrected chi connectivity index (χ3v) is 3.11. The fraction of sp³-hybridized carbons (Fsp3) is 0. The van der Waals surface area contributed by atoms with Gasteiger partial charge in [0.1, 0.15) is 11.6 Å². The van der Waals surface area contributed by atoms with Crippen LogP contribution < -0.4 is 0 Å². The van der Waals surface area contributed by atoms with E-state index in [0.717, 1.165) is 0 Å². The van der Waals surface area contributed by atoms with E-state index in [9.17, 15) is 9.50 Å². The summed E-state index contributed by atoms with van der Waals surface area (Å²) in [5.74, 6) is -0.643. The van der Waals surface area contributed by atoms with Crippen LogP contribution >= 0.6 is 34.8 Å². The minimum Gasteiger partial charge on any atom is -0.506 e. The maximum absolute atomic E-state index is 13.7. The number of hydrogen-bond donors (Lipinski definition) is 1. The summed E-state index contributed by atoms with van der Waals surface area (Å²) in [5, 5.41) is 9.98. The lowest BCUT2D eigenvalue weighted by molar-refractivity contribution is 0.475. The summed E-state index contributed by atoms with van der Waals surface area (Å²) in [7, 11) is 0. The molecule has 0 spiro atoms. The van der Waals surface area contributed by atoms with E-state index in [2.05, 4.69) is 0 Å². The predicted molar refractivity (Wildman–Crippen MR) is 68.5 cm³/mol. The topological polar surface area (TPSA) is 20.2 Å². The van der Waals surface area contributed by atoms with E-state index in [1.54, 1.807) is 6.07 Å². The summed E-state index contributed by atoms with van der Waals surface area (Å²) >= 11 is 17.4. The van der Waals surface area contributed by atoms with E-state index in [4.69, 9.17) is 34.8 Å². The van der Waals surface area contributed by atoms with Crippen molar-refractivity contribution in [3.05, 3.63) is 51.2 Å². The number of phenols is 1. The zero-order valence-electron chi connectivity index (χ0n) is 8.35. The minimum absolute atomic E-state index is 0.110. The van der Waals surface area contributed by atoms with E-state index in [1.165, 1.54) is 24.3 Å². The smallest absolute Gasteiger partial charge is 0.135 e. The van der Waals surface area contributed by atoms with Crippen molar-refractivity contribution < 1.29 is 9.50 Å². The van der Waals surface area contributed by atoms with Crippen LogP contribution in [0.15, 0.2) is 30.3 Å². The van der Waals surface area contributed by atoms with Crippen molar-refractivity contribution in [2.75, 3.05) is 0 Å². The van der Waals surface area contributed by atoms with Crippen LogP contribution in [0.2, 0.25) is 15.1 Å². The number of phenolic OH excluding ortho intramolecular Hbond substituents is 1. The van der Waals surface area contributed by atoms with Crippen molar-refractivity contribution in [3.63, 3.8) is 0 Å². The van der Waals surface area contributed by atoms with Gasteiger partial charge >= 0.3 is 0 Å². The molecule has 88 valence electrons. The fourth-order valence-corrected chi connectivity index (χ4v) is 2.03. The molecule has 0 amide bonds. The molecule has 17 heavy (non-hydrogen) atoms. The standard InChI is InChI=1S/C12H6Cl3FO/c13-6-1-2-7(11(16)3-6)8-4-10(15)12(17)5-9(8)14/h1-5,17H. The Morgan fingerprint density at radius 1 is 0.882 bits per heavy atom. The maximum Gasteiger partial charge on any atom is 0.135 e. The van der Waals surface area contributed by atoms with Gasteiger partial charge in [0.25, 0.3) is 0 Å². The van der Waals surface area contributed by atoms with Gasteiger partial charge in [0.05, 0.1) is 10.0 Å². The van der Waals surface area contributed by atoms with Crippen LogP contribution in [0.3, 0.4) is 0 Å². The van der Waals surface area contributed by atoms with E-state index in [1.807, 2.05) is 0 Å². The fourth-order valence-electron chi connectivity index (χ4n) is 1.45. The molecule has 1 nitrogen and oxygen atoms in total. The van der Waals surface area contributed by atoms with Crippen molar-refractivity contribution in [1.82, 2.24) is 0 Å². The molecule has 0 saturated heterocycles. The molecule has 2 aromatic rings. The van der Waals surface area contributed by atoms with E-state index in [0.29, 0.717) is 10.6 Å². The van der Waals surface area contributed by atoms with Gasteiger partial charge in [-0.3, -0.25) is 0 Å². The quantitative estimate of drug-likeness (QED) is 0.769. The first kappa shape index (κ1) is 12.5. The largest absolute Gasteiger partial charge is 0.506 e. The Bertz CT molecular complexity index is 584. The molecule has 0 aliphatic carbocycles. The Hall–Kier alpha value is -0.960. The van der Waals surface area contributed by atoms with Gasteiger partial charge in [0, 0.05) is 22.2 Å². The van der Waals surface area contributed by atoms with Gasteiger partial charge in [-0.25, -0.2) is 4.39 Å². The lowest BCUT2D eigenvalue weighted by Gasteiger charge is -2.08. The Kier molecular flexibility index (Phi) is 3.48. The molecule has 0 atom stereocenters. The molecular weight excluding hydrogens is 285 g/mol. The molecule has 0 saturated carbocycles. The molecule has 0 aliphatic rings. The van der Waals surface area contributed by atoms with Gasteiger partial charge in [0.15, 0.2) is 0 Å². The first-order chi connectivity index (χ1) is 7.99. The number of aromatic hydroxyl groups is 1. The summed E-state index contributed by atoms with van der Waals surface area (Å²) in [6, 6.07) is 6.93. The highest BCUT2D eigenvalue weighted by molar-refractivity contribution is 6.36. The van der Waals surface area contributed by atoms with Crippen molar-refractivity contribution in [2.24, 2.45) is 0 Å². The van der Waals surface area contributed by atoms with Gasteiger partial charge in [-0.2, -0.15) is 0 Å². The number of benzene rings is 2. The molecule has 0 heterocycles. The highest BCUT2D eigenvalue weighted by Crippen LogP contribution is 2.37. The first-order valence-corrected chi connectivity index (χ1v) is 5.76. The average molecular weight is 292 g/mol. The normalized spacial score (nSPS) is 10.6. The molecule has 0 radical (unpaired) electrons. The highest BCUT2D eigenvalue weighted by atomic mass is 35.5. The van der Waals surface area contributed by atoms with Crippen molar-refractivity contribution in [1.29, 1.82) is 0 Å². The van der Waals surface area contributed by atoms with Crippen LogP contribution in [0.1, 0.15) is 0 Å². The van der Waals surface area contributed by atoms with Gasteiger partial charge in [0.2, 0.25) is 0 Å². The average Bonchev–Trinajstić information content (AvgIpc) is 2.24. The summed E-state index contributed by atoms with van der Waals surface area (Å²) in [6.07, 6.45) is 0. The second-order valence-electron chi connectivity index (χ2n) is 3.41. The summed E-state index contributed by atoms with van der Waals surface area (Å²) in [6.45, 7) is 0. The highest BCUT2D eigenvalue weighted by Gasteiger charge is 2.12. The lowest BCUT2D eigenvalue weighted by atomic mass is 10.0. The molecule has 0 aliphatic heterocycles. The van der Waals surface area contributed by atoms with Gasteiger partial charge in [-0.15, -0.1) is 0 Å². The summed E-state index contributed by atoms with van der Waals surface area (Å²) in [4.78, 5) is 0. The molecule has 0 bridgehead atoms. The molecule has 0 aromatic heterocycles. The van der Waals surface area contributed by atoms with Gasteiger partial charge in [-0.1, -0.05) is 34.8 Å². The molecule has 2 aromatic carbocycles. The number of rotatable bonds is 1. The molecule has 5 heteroatoms. The zero-order valence-corrected chi connectivity index (χ0v) is 10.6. The summed E-state index contributed by atoms with van der Waals surface area (Å²) < 4.78 is 13.7. The summed E-state index contributed by atoms with van der Waals surface area (Å²) in [5.41, 5.74) is 0.685. The maximum atomic E-state index is 13.7. The van der Waals surface area contributed by atoms with Crippen molar-refractivity contribution in [3.8, 4) is 16.9 Å². The van der Waals surface area contributed by atoms with Gasteiger partial charge in [-0.05, 0) is 24.3 Å². The Labute approximate surface area is 112 Å². The Morgan fingerprint density at radius 3 is 2.24 bits per heavy atom.